The first-order chi connectivity index (χ1) is 19.5. The van der Waals surface area contributed by atoms with Gasteiger partial charge in [0.15, 0.2) is 17.3 Å². The number of fused-ring (bicyclic) bond motifs is 2. The molecule has 0 saturated heterocycles. The van der Waals surface area contributed by atoms with Gasteiger partial charge >= 0.3 is 0 Å². The molecule has 0 spiro atoms. The van der Waals surface area contributed by atoms with Gasteiger partial charge in [-0.05, 0) is 69.3 Å². The van der Waals surface area contributed by atoms with E-state index in [-0.39, 0.29) is 6.04 Å². The Bertz CT molecular complexity index is 1620. The Hall–Kier alpha value is -4.20. The molecule has 0 aliphatic heterocycles. The standard InChI is InChI=1S/C31H36FN7O/c1-5-38(6-2)15-16-40-25-11-12-26-23(19-34-27(26)18-25)13-14-33-30-28-31(39(20-35-28)21(3)4)37-29(36-30)22-9-7-8-10-24(32)17-22/h7,9-12,17-21,34H,5-6,13-16H2,1-4H3,(H,33,36,37). The number of nitrogens with zero attached hydrogens (tertiary/aromatic N) is 5. The maximum absolute atomic E-state index is 14.2. The molecule has 0 radical (unpaired) electrons. The van der Waals surface area contributed by atoms with Crippen LogP contribution < -0.4 is 10.1 Å². The highest BCUT2D eigenvalue weighted by atomic mass is 19.1. The fourth-order valence-electron chi connectivity index (χ4n) is 4.80. The lowest BCUT2D eigenvalue weighted by atomic mass is 10.1. The van der Waals surface area contributed by atoms with Crippen LogP contribution in [0.25, 0.3) is 27.6 Å². The molecule has 5 rings (SSSR count). The van der Waals surface area contributed by atoms with E-state index in [1.54, 1.807) is 18.5 Å². The van der Waals surface area contributed by atoms with E-state index in [0.29, 0.717) is 41.5 Å². The summed E-state index contributed by atoms with van der Waals surface area (Å²) in [7, 11) is 0. The molecule has 3 heterocycles. The average Bonchev–Trinajstić information content (AvgIpc) is 3.50. The third kappa shape index (κ3) is 6.01. The maximum atomic E-state index is 14.2. The number of ether oxygens (including phenoxy) is 1. The van der Waals surface area contributed by atoms with E-state index in [2.05, 4.69) is 65.7 Å². The molecule has 0 saturated carbocycles. The monoisotopic (exact) mass is 541 g/mol. The Morgan fingerprint density at radius 2 is 2.05 bits per heavy atom. The highest BCUT2D eigenvalue weighted by Gasteiger charge is 2.17. The van der Waals surface area contributed by atoms with Gasteiger partial charge in [-0.2, -0.15) is 0 Å². The first-order valence-corrected chi connectivity index (χ1v) is 13.9. The highest BCUT2D eigenvalue weighted by molar-refractivity contribution is 5.87. The van der Waals surface area contributed by atoms with E-state index in [9.17, 15) is 4.39 Å². The molecule has 9 heteroatoms. The number of allylic oxidation sites excluding steroid dienone is 5. The quantitative estimate of drug-likeness (QED) is 0.207. The molecule has 0 unspecified atom stereocenters. The van der Waals surface area contributed by atoms with Gasteiger partial charge in [0.2, 0.25) is 0 Å². The van der Waals surface area contributed by atoms with Crippen molar-refractivity contribution in [2.24, 2.45) is 0 Å². The van der Waals surface area contributed by atoms with Crippen LogP contribution in [0.4, 0.5) is 10.2 Å². The van der Waals surface area contributed by atoms with Gasteiger partial charge < -0.3 is 24.5 Å². The van der Waals surface area contributed by atoms with E-state index < -0.39 is 5.83 Å². The van der Waals surface area contributed by atoms with Crippen molar-refractivity contribution in [3.63, 3.8) is 0 Å². The fraction of sp³-hybridized carbons (Fsp3) is 0.355. The van der Waals surface area contributed by atoms with Crippen molar-refractivity contribution < 1.29 is 9.13 Å². The van der Waals surface area contributed by atoms with Crippen molar-refractivity contribution in [2.75, 3.05) is 38.1 Å². The number of hydrogen-bond acceptors (Lipinski definition) is 6. The summed E-state index contributed by atoms with van der Waals surface area (Å²) in [6.07, 6.45) is 10.7. The van der Waals surface area contributed by atoms with Crippen LogP contribution in [0.15, 0.2) is 66.6 Å². The summed E-state index contributed by atoms with van der Waals surface area (Å²) in [5.41, 5.74) is 7.01. The van der Waals surface area contributed by atoms with E-state index in [4.69, 9.17) is 14.7 Å². The molecular formula is C31H36FN7O. The van der Waals surface area contributed by atoms with E-state index in [1.165, 1.54) is 23.1 Å². The number of halogens is 1. The number of aromatic amines is 1. The lowest BCUT2D eigenvalue weighted by molar-refractivity contribution is 0.223. The summed E-state index contributed by atoms with van der Waals surface area (Å²) < 4.78 is 22.2. The number of anilines is 1. The summed E-state index contributed by atoms with van der Waals surface area (Å²) in [5, 5.41) is 4.63. The summed E-state index contributed by atoms with van der Waals surface area (Å²) in [4.78, 5) is 19.8. The minimum Gasteiger partial charge on any atom is -0.492 e. The van der Waals surface area contributed by atoms with Crippen molar-refractivity contribution >= 4 is 33.5 Å². The molecule has 208 valence electrons. The van der Waals surface area contributed by atoms with Gasteiger partial charge in [-0.25, -0.2) is 19.3 Å². The zero-order chi connectivity index (χ0) is 28.1. The largest absolute Gasteiger partial charge is 0.492 e. The van der Waals surface area contributed by atoms with Crippen LogP contribution in [-0.4, -0.2) is 62.2 Å². The van der Waals surface area contributed by atoms with Crippen molar-refractivity contribution in [3.05, 3.63) is 78.0 Å². The lowest BCUT2D eigenvalue weighted by Gasteiger charge is -2.18. The van der Waals surface area contributed by atoms with Crippen LogP contribution in [-0.2, 0) is 6.42 Å². The zero-order valence-corrected chi connectivity index (χ0v) is 23.5. The predicted octanol–water partition coefficient (Wildman–Crippen LogP) is 6.23. The number of hydrogen-bond donors (Lipinski definition) is 2. The van der Waals surface area contributed by atoms with Gasteiger partial charge in [0.1, 0.15) is 23.7 Å². The average molecular weight is 542 g/mol. The molecule has 1 aromatic carbocycles. The summed E-state index contributed by atoms with van der Waals surface area (Å²) >= 11 is 0. The van der Waals surface area contributed by atoms with Gasteiger partial charge in [-0.3, -0.25) is 0 Å². The first-order valence-electron chi connectivity index (χ1n) is 13.9. The summed E-state index contributed by atoms with van der Waals surface area (Å²) in [6, 6.07) is 6.36. The van der Waals surface area contributed by atoms with Gasteiger partial charge in [0, 0.05) is 53.9 Å². The Morgan fingerprint density at radius 1 is 1.20 bits per heavy atom. The third-order valence-corrected chi connectivity index (χ3v) is 7.11. The minimum atomic E-state index is -0.396. The molecule has 2 N–H and O–H groups in total. The number of nitrogens with one attached hydrogen (secondary N) is 2. The number of benzene rings is 1. The molecule has 0 fully saturated rings. The highest BCUT2D eigenvalue weighted by Crippen LogP contribution is 2.27. The number of H-pyrrole nitrogens is 1. The molecule has 1 aliphatic carbocycles. The first kappa shape index (κ1) is 27.4. The Morgan fingerprint density at radius 3 is 2.85 bits per heavy atom. The second kappa shape index (κ2) is 12.3. The molecule has 0 amide bonds. The number of aromatic nitrogens is 5. The van der Waals surface area contributed by atoms with E-state index in [0.717, 1.165) is 37.3 Å². The summed E-state index contributed by atoms with van der Waals surface area (Å²) in [6.45, 7) is 12.7. The third-order valence-electron chi connectivity index (χ3n) is 7.11. The molecule has 40 heavy (non-hydrogen) atoms. The second-order valence-electron chi connectivity index (χ2n) is 10.0. The van der Waals surface area contributed by atoms with Crippen LogP contribution in [0.1, 0.15) is 45.1 Å². The Kier molecular flexibility index (Phi) is 8.43. The smallest absolute Gasteiger partial charge is 0.166 e. The number of likely N-dealkylation sites (N-methyl/N-ethyl adjacent to an activating group) is 1. The molecule has 0 bridgehead atoms. The van der Waals surface area contributed by atoms with Crippen LogP contribution in [0, 0.1) is 0 Å². The predicted molar refractivity (Wildman–Crippen MR) is 159 cm³/mol. The fourth-order valence-corrected chi connectivity index (χ4v) is 4.80. The van der Waals surface area contributed by atoms with Crippen LogP contribution in [0.2, 0.25) is 0 Å². The SMILES string of the molecule is CCN(CC)CCOc1ccc2c(CCNc3nc(C4=CC=C=CC(F)=C4)nc4c3ncn4C(C)C)c[nH]c2c1. The maximum Gasteiger partial charge on any atom is 0.166 e. The number of rotatable bonds is 12. The van der Waals surface area contributed by atoms with Gasteiger partial charge in [0.05, 0.1) is 6.33 Å². The molecule has 1 aliphatic rings. The van der Waals surface area contributed by atoms with Crippen molar-refractivity contribution in [1.29, 1.82) is 0 Å². The zero-order valence-electron chi connectivity index (χ0n) is 23.5. The topological polar surface area (TPSA) is 83.9 Å². The second-order valence-corrected chi connectivity index (χ2v) is 10.0. The van der Waals surface area contributed by atoms with Gasteiger partial charge in [0.25, 0.3) is 0 Å². The molecule has 4 aromatic rings. The van der Waals surface area contributed by atoms with Gasteiger partial charge in [-0.15, -0.1) is 5.73 Å². The van der Waals surface area contributed by atoms with Gasteiger partial charge in [-0.1, -0.05) is 13.8 Å². The summed E-state index contributed by atoms with van der Waals surface area (Å²) in [5.74, 6) is 1.53. The molecular weight excluding hydrogens is 505 g/mol. The lowest BCUT2D eigenvalue weighted by Crippen LogP contribution is -2.27. The molecule has 0 atom stereocenters. The van der Waals surface area contributed by atoms with Crippen molar-refractivity contribution in [2.45, 2.75) is 40.2 Å². The minimum absolute atomic E-state index is 0.162. The van der Waals surface area contributed by atoms with Crippen LogP contribution in [0.3, 0.4) is 0 Å². The molecule has 8 nitrogen and oxygen atoms in total. The van der Waals surface area contributed by atoms with Crippen molar-refractivity contribution in [1.82, 2.24) is 29.4 Å². The van der Waals surface area contributed by atoms with E-state index in [1.807, 2.05) is 16.8 Å². The molecule has 3 aromatic heterocycles. The normalized spacial score (nSPS) is 13.4. The Labute approximate surface area is 234 Å². The van der Waals surface area contributed by atoms with Crippen molar-refractivity contribution in [3.8, 4) is 5.75 Å². The van der Waals surface area contributed by atoms with Crippen LogP contribution in [0.5, 0.6) is 5.75 Å². The number of imidazole rings is 1. The van der Waals surface area contributed by atoms with Crippen LogP contribution >= 0.6 is 0 Å². The van der Waals surface area contributed by atoms with E-state index >= 15 is 0 Å². The Balaban J connectivity index is 1.32.